The van der Waals surface area contributed by atoms with Crippen molar-refractivity contribution in [2.75, 3.05) is 20.6 Å². The van der Waals surface area contributed by atoms with E-state index in [2.05, 4.69) is 29.3 Å². The van der Waals surface area contributed by atoms with Crippen molar-refractivity contribution in [1.82, 2.24) is 10.2 Å². The molecule has 2 aliphatic rings. The molecule has 0 saturated heterocycles. The van der Waals surface area contributed by atoms with Gasteiger partial charge in [-0.3, -0.25) is 4.99 Å². The molecular formula is C14H28N4. The van der Waals surface area contributed by atoms with Crippen LogP contribution >= 0.6 is 0 Å². The van der Waals surface area contributed by atoms with Crippen LogP contribution in [0.3, 0.4) is 0 Å². The molecule has 0 aromatic carbocycles. The minimum atomic E-state index is 0.252. The Labute approximate surface area is 111 Å². The summed E-state index contributed by atoms with van der Waals surface area (Å²) in [5, 5.41) is 3.37. The van der Waals surface area contributed by atoms with Gasteiger partial charge >= 0.3 is 0 Å². The number of nitrogens with two attached hydrogens (primary N) is 1. The van der Waals surface area contributed by atoms with Crippen molar-refractivity contribution in [2.45, 2.75) is 62.9 Å². The van der Waals surface area contributed by atoms with Crippen LogP contribution in [0.4, 0.5) is 0 Å². The topological polar surface area (TPSA) is 53.6 Å². The van der Waals surface area contributed by atoms with Gasteiger partial charge in [0.1, 0.15) is 0 Å². The summed E-state index contributed by atoms with van der Waals surface area (Å²) in [5.41, 5.74) is 6.26. The molecule has 0 aromatic rings. The van der Waals surface area contributed by atoms with Crippen molar-refractivity contribution in [2.24, 2.45) is 10.7 Å². The molecule has 4 heteroatoms. The number of nitrogens with zero attached hydrogens (tertiary/aromatic N) is 2. The molecule has 0 heterocycles. The Morgan fingerprint density at radius 2 is 1.83 bits per heavy atom. The Balaban J connectivity index is 1.87. The lowest BCUT2D eigenvalue weighted by atomic mass is 9.96. The van der Waals surface area contributed by atoms with Crippen LogP contribution in [0.2, 0.25) is 0 Å². The Morgan fingerprint density at radius 3 is 2.39 bits per heavy atom. The lowest BCUT2D eigenvalue weighted by Gasteiger charge is -2.35. The van der Waals surface area contributed by atoms with Gasteiger partial charge in [-0.05, 0) is 39.8 Å². The van der Waals surface area contributed by atoms with E-state index in [4.69, 9.17) is 5.73 Å². The number of nitrogens with one attached hydrogen (secondary N) is 1. The van der Waals surface area contributed by atoms with Gasteiger partial charge in [0.25, 0.3) is 0 Å². The van der Waals surface area contributed by atoms with Gasteiger partial charge in [-0.25, -0.2) is 0 Å². The maximum absolute atomic E-state index is 6.01. The lowest BCUT2D eigenvalue weighted by Crippen LogP contribution is -2.46. The minimum Gasteiger partial charge on any atom is -0.370 e. The minimum absolute atomic E-state index is 0.252. The summed E-state index contributed by atoms with van der Waals surface area (Å²) in [4.78, 5) is 6.94. The smallest absolute Gasteiger partial charge is 0.188 e. The second kappa shape index (κ2) is 5.91. The van der Waals surface area contributed by atoms with E-state index in [0.717, 1.165) is 6.54 Å². The fourth-order valence-corrected chi connectivity index (χ4v) is 3.34. The molecule has 104 valence electrons. The third kappa shape index (κ3) is 3.16. The standard InChI is InChI=1S/C14H28N4/c1-18(2)14(9-5-6-10-14)11-16-13(15)17-12-7-3-4-8-12/h12H,3-11H2,1-2H3,(H3,15,16,17). The van der Waals surface area contributed by atoms with Gasteiger partial charge in [0.05, 0.1) is 6.54 Å². The average molecular weight is 252 g/mol. The summed E-state index contributed by atoms with van der Waals surface area (Å²) < 4.78 is 0. The van der Waals surface area contributed by atoms with Gasteiger partial charge in [0.2, 0.25) is 0 Å². The maximum atomic E-state index is 6.01. The highest BCUT2D eigenvalue weighted by molar-refractivity contribution is 5.78. The fraction of sp³-hybridized carbons (Fsp3) is 0.929. The molecule has 2 saturated carbocycles. The fourth-order valence-electron chi connectivity index (χ4n) is 3.34. The van der Waals surface area contributed by atoms with Crippen LogP contribution in [0, 0.1) is 0 Å². The molecule has 3 N–H and O–H groups in total. The summed E-state index contributed by atoms with van der Waals surface area (Å²) in [6, 6.07) is 0.563. The third-order valence-corrected chi connectivity index (χ3v) is 4.73. The summed E-state index contributed by atoms with van der Waals surface area (Å²) in [5.74, 6) is 0.648. The first-order chi connectivity index (χ1) is 8.62. The van der Waals surface area contributed by atoms with E-state index in [1.807, 2.05) is 0 Å². The first kappa shape index (κ1) is 13.7. The highest BCUT2D eigenvalue weighted by Crippen LogP contribution is 2.33. The molecule has 2 fully saturated rings. The van der Waals surface area contributed by atoms with E-state index >= 15 is 0 Å². The zero-order chi connectivity index (χ0) is 13.0. The molecule has 0 spiro atoms. The summed E-state index contributed by atoms with van der Waals surface area (Å²) in [7, 11) is 4.34. The van der Waals surface area contributed by atoms with Crippen LogP contribution in [-0.4, -0.2) is 43.1 Å². The Hall–Kier alpha value is -0.770. The molecule has 0 bridgehead atoms. The van der Waals surface area contributed by atoms with Crippen molar-refractivity contribution in [3.63, 3.8) is 0 Å². The van der Waals surface area contributed by atoms with E-state index in [-0.39, 0.29) is 5.54 Å². The number of hydrogen-bond donors (Lipinski definition) is 2. The van der Waals surface area contributed by atoms with Crippen LogP contribution < -0.4 is 11.1 Å². The Bertz CT molecular complexity index is 286. The van der Waals surface area contributed by atoms with Crippen LogP contribution in [0.25, 0.3) is 0 Å². The van der Waals surface area contributed by atoms with Crippen molar-refractivity contribution in [3.05, 3.63) is 0 Å². The predicted octanol–water partition coefficient (Wildman–Crippen LogP) is 1.71. The molecule has 18 heavy (non-hydrogen) atoms. The first-order valence-corrected chi connectivity index (χ1v) is 7.36. The van der Waals surface area contributed by atoms with E-state index < -0.39 is 0 Å². The zero-order valence-electron chi connectivity index (χ0n) is 11.9. The lowest BCUT2D eigenvalue weighted by molar-refractivity contribution is 0.167. The number of aliphatic imine (C=N–C) groups is 1. The monoisotopic (exact) mass is 252 g/mol. The zero-order valence-corrected chi connectivity index (χ0v) is 11.9. The molecule has 0 radical (unpaired) electrons. The quantitative estimate of drug-likeness (QED) is 0.591. The van der Waals surface area contributed by atoms with Crippen molar-refractivity contribution < 1.29 is 0 Å². The van der Waals surface area contributed by atoms with E-state index in [0.29, 0.717) is 12.0 Å². The summed E-state index contributed by atoms with van der Waals surface area (Å²) in [6.45, 7) is 0.839. The summed E-state index contributed by atoms with van der Waals surface area (Å²) >= 11 is 0. The van der Waals surface area contributed by atoms with Crippen LogP contribution in [-0.2, 0) is 0 Å². The number of hydrogen-bond acceptors (Lipinski definition) is 2. The van der Waals surface area contributed by atoms with Crippen molar-refractivity contribution in [1.29, 1.82) is 0 Å². The Kier molecular flexibility index (Phi) is 4.49. The molecule has 0 unspecified atom stereocenters. The van der Waals surface area contributed by atoms with Gasteiger partial charge in [-0.15, -0.1) is 0 Å². The van der Waals surface area contributed by atoms with Gasteiger partial charge in [0, 0.05) is 11.6 Å². The molecule has 0 atom stereocenters. The molecular weight excluding hydrogens is 224 g/mol. The molecule has 0 amide bonds. The SMILES string of the molecule is CN(C)C1(CN=C(N)NC2CCCC2)CCCC1. The van der Waals surface area contributed by atoms with Gasteiger partial charge in [-0.1, -0.05) is 25.7 Å². The van der Waals surface area contributed by atoms with E-state index in [1.165, 1.54) is 51.4 Å². The van der Waals surface area contributed by atoms with Gasteiger partial charge in [0.15, 0.2) is 5.96 Å². The van der Waals surface area contributed by atoms with E-state index in [9.17, 15) is 0 Å². The van der Waals surface area contributed by atoms with Crippen molar-refractivity contribution >= 4 is 5.96 Å². The van der Waals surface area contributed by atoms with Crippen LogP contribution in [0.1, 0.15) is 51.4 Å². The average Bonchev–Trinajstić information content (AvgIpc) is 2.97. The molecule has 0 aromatic heterocycles. The predicted molar refractivity (Wildman–Crippen MR) is 76.8 cm³/mol. The second-order valence-electron chi connectivity index (χ2n) is 6.15. The summed E-state index contributed by atoms with van der Waals surface area (Å²) in [6.07, 6.45) is 10.3. The van der Waals surface area contributed by atoms with Gasteiger partial charge in [-0.2, -0.15) is 0 Å². The number of likely N-dealkylation sites (N-methyl/N-ethyl adjacent to an activating group) is 1. The largest absolute Gasteiger partial charge is 0.370 e. The van der Waals surface area contributed by atoms with Crippen LogP contribution in [0.15, 0.2) is 4.99 Å². The number of guanidine groups is 1. The molecule has 4 nitrogen and oxygen atoms in total. The second-order valence-corrected chi connectivity index (χ2v) is 6.15. The maximum Gasteiger partial charge on any atom is 0.188 e. The first-order valence-electron chi connectivity index (χ1n) is 7.36. The number of rotatable bonds is 4. The highest BCUT2D eigenvalue weighted by atomic mass is 15.2. The normalized spacial score (nSPS) is 24.9. The highest BCUT2D eigenvalue weighted by Gasteiger charge is 2.35. The van der Waals surface area contributed by atoms with Gasteiger partial charge < -0.3 is 16.0 Å². The molecule has 2 rings (SSSR count). The van der Waals surface area contributed by atoms with Crippen LogP contribution in [0.5, 0.6) is 0 Å². The molecule has 0 aliphatic heterocycles. The third-order valence-electron chi connectivity index (χ3n) is 4.73. The van der Waals surface area contributed by atoms with Crippen molar-refractivity contribution in [3.8, 4) is 0 Å². The van der Waals surface area contributed by atoms with E-state index in [1.54, 1.807) is 0 Å². The molecule has 2 aliphatic carbocycles. The Morgan fingerprint density at radius 1 is 1.22 bits per heavy atom.